The number of hydrogen-bond donors (Lipinski definition) is 1. The Balaban J connectivity index is 1.78. The van der Waals surface area contributed by atoms with Crippen molar-refractivity contribution >= 4 is 5.69 Å². The van der Waals surface area contributed by atoms with E-state index in [1.165, 1.54) is 25.7 Å². The van der Waals surface area contributed by atoms with Crippen LogP contribution in [0.3, 0.4) is 0 Å². The third kappa shape index (κ3) is 3.08. The van der Waals surface area contributed by atoms with Gasteiger partial charge in [0.25, 0.3) is 0 Å². The van der Waals surface area contributed by atoms with Crippen LogP contribution in [0.1, 0.15) is 31.2 Å². The van der Waals surface area contributed by atoms with Crippen LogP contribution >= 0.6 is 0 Å². The number of rotatable bonds is 5. The number of nitrogens with zero attached hydrogens (tertiary/aromatic N) is 2. The summed E-state index contributed by atoms with van der Waals surface area (Å²) in [5.41, 5.74) is 1.92. The molecule has 100 valence electrons. The SMILES string of the molecule is N#Cc1ccccc1N(CC1CC1)CC1CCCN1. The quantitative estimate of drug-likeness (QED) is 0.878. The lowest BCUT2D eigenvalue weighted by molar-refractivity contribution is 0.570. The highest BCUT2D eigenvalue weighted by Gasteiger charge is 2.27. The van der Waals surface area contributed by atoms with Crippen LogP contribution in [0.5, 0.6) is 0 Å². The summed E-state index contributed by atoms with van der Waals surface area (Å²) in [6.07, 6.45) is 5.24. The van der Waals surface area contributed by atoms with Gasteiger partial charge in [0, 0.05) is 19.1 Å². The highest BCUT2D eigenvalue weighted by atomic mass is 15.2. The van der Waals surface area contributed by atoms with Crippen molar-refractivity contribution in [2.45, 2.75) is 31.7 Å². The average Bonchev–Trinajstić information content (AvgIpc) is 3.12. The molecule has 0 radical (unpaired) electrons. The molecule has 1 aliphatic heterocycles. The Morgan fingerprint density at radius 3 is 2.74 bits per heavy atom. The molecular weight excluding hydrogens is 234 g/mol. The summed E-state index contributed by atoms with van der Waals surface area (Å²) in [5, 5.41) is 12.8. The van der Waals surface area contributed by atoms with Crippen LogP contribution in [0.2, 0.25) is 0 Å². The summed E-state index contributed by atoms with van der Waals surface area (Å²) in [7, 11) is 0. The van der Waals surface area contributed by atoms with Gasteiger partial charge in [-0.2, -0.15) is 5.26 Å². The molecule has 2 aliphatic rings. The fraction of sp³-hybridized carbons (Fsp3) is 0.562. The molecule has 1 saturated heterocycles. The Labute approximate surface area is 115 Å². The zero-order valence-corrected chi connectivity index (χ0v) is 11.3. The summed E-state index contributed by atoms with van der Waals surface area (Å²) in [6.45, 7) is 3.29. The molecule has 1 aromatic rings. The van der Waals surface area contributed by atoms with Crippen molar-refractivity contribution in [3.8, 4) is 6.07 Å². The Bertz CT molecular complexity index is 467. The first-order valence-corrected chi connectivity index (χ1v) is 7.34. The van der Waals surface area contributed by atoms with Crippen LogP contribution in [0.25, 0.3) is 0 Å². The summed E-state index contributed by atoms with van der Waals surface area (Å²) in [5.74, 6) is 0.841. The van der Waals surface area contributed by atoms with E-state index in [1.54, 1.807) is 0 Å². The predicted octanol–water partition coefficient (Wildman–Crippen LogP) is 2.53. The highest BCUT2D eigenvalue weighted by molar-refractivity contribution is 5.59. The molecule has 3 heteroatoms. The normalized spacial score (nSPS) is 22.2. The molecule has 1 N–H and O–H groups in total. The van der Waals surface area contributed by atoms with Gasteiger partial charge in [-0.25, -0.2) is 0 Å². The van der Waals surface area contributed by atoms with Crippen LogP contribution < -0.4 is 10.2 Å². The first-order chi connectivity index (χ1) is 9.36. The predicted molar refractivity (Wildman–Crippen MR) is 77.1 cm³/mol. The summed E-state index contributed by atoms with van der Waals surface area (Å²) >= 11 is 0. The van der Waals surface area contributed by atoms with Gasteiger partial charge in [-0.05, 0) is 50.3 Å². The Kier molecular flexibility index (Phi) is 3.70. The second-order valence-corrected chi connectivity index (χ2v) is 5.77. The Morgan fingerprint density at radius 1 is 1.21 bits per heavy atom. The third-order valence-corrected chi connectivity index (χ3v) is 4.14. The topological polar surface area (TPSA) is 39.1 Å². The number of anilines is 1. The zero-order valence-electron chi connectivity index (χ0n) is 11.3. The molecule has 0 aromatic heterocycles. The van der Waals surface area contributed by atoms with Crippen molar-refractivity contribution in [3.05, 3.63) is 29.8 Å². The molecular formula is C16H21N3. The van der Waals surface area contributed by atoms with Gasteiger partial charge in [0.1, 0.15) is 6.07 Å². The van der Waals surface area contributed by atoms with E-state index in [4.69, 9.17) is 0 Å². The van der Waals surface area contributed by atoms with Gasteiger partial charge < -0.3 is 10.2 Å². The molecule has 0 bridgehead atoms. The minimum Gasteiger partial charge on any atom is -0.369 e. The molecule has 0 spiro atoms. The van der Waals surface area contributed by atoms with Gasteiger partial charge in [-0.3, -0.25) is 0 Å². The van der Waals surface area contributed by atoms with E-state index in [0.717, 1.165) is 36.8 Å². The Morgan fingerprint density at radius 2 is 2.05 bits per heavy atom. The first kappa shape index (κ1) is 12.5. The van der Waals surface area contributed by atoms with Gasteiger partial charge in [0.15, 0.2) is 0 Å². The zero-order chi connectivity index (χ0) is 13.1. The highest BCUT2D eigenvalue weighted by Crippen LogP contribution is 2.32. The monoisotopic (exact) mass is 255 g/mol. The Hall–Kier alpha value is -1.53. The smallest absolute Gasteiger partial charge is 0.101 e. The van der Waals surface area contributed by atoms with Gasteiger partial charge in [-0.1, -0.05) is 12.1 Å². The lowest BCUT2D eigenvalue weighted by atomic mass is 10.1. The van der Waals surface area contributed by atoms with Crippen molar-refractivity contribution in [2.75, 3.05) is 24.5 Å². The molecule has 2 fully saturated rings. The van der Waals surface area contributed by atoms with E-state index in [9.17, 15) is 5.26 Å². The number of hydrogen-bond acceptors (Lipinski definition) is 3. The largest absolute Gasteiger partial charge is 0.369 e. The van der Waals surface area contributed by atoms with E-state index < -0.39 is 0 Å². The van der Waals surface area contributed by atoms with Gasteiger partial charge in [0.2, 0.25) is 0 Å². The summed E-state index contributed by atoms with van der Waals surface area (Å²) in [4.78, 5) is 2.43. The van der Waals surface area contributed by atoms with Crippen molar-refractivity contribution in [1.29, 1.82) is 5.26 Å². The second kappa shape index (κ2) is 5.63. The van der Waals surface area contributed by atoms with Gasteiger partial charge in [-0.15, -0.1) is 0 Å². The van der Waals surface area contributed by atoms with Crippen LogP contribution in [-0.2, 0) is 0 Å². The van der Waals surface area contributed by atoms with E-state index in [2.05, 4.69) is 22.4 Å². The van der Waals surface area contributed by atoms with Crippen LogP contribution in [0.15, 0.2) is 24.3 Å². The number of para-hydroxylation sites is 1. The molecule has 0 amide bonds. The maximum atomic E-state index is 9.29. The minimum atomic E-state index is 0.588. The molecule has 3 nitrogen and oxygen atoms in total. The second-order valence-electron chi connectivity index (χ2n) is 5.77. The van der Waals surface area contributed by atoms with Crippen LogP contribution in [-0.4, -0.2) is 25.7 Å². The fourth-order valence-electron chi connectivity index (χ4n) is 2.91. The maximum Gasteiger partial charge on any atom is 0.101 e. The molecule has 1 aliphatic carbocycles. The lowest BCUT2D eigenvalue weighted by Gasteiger charge is -2.28. The minimum absolute atomic E-state index is 0.588. The maximum absolute atomic E-state index is 9.29. The molecule has 1 heterocycles. The third-order valence-electron chi connectivity index (χ3n) is 4.14. The van der Waals surface area contributed by atoms with E-state index in [1.807, 2.05) is 18.2 Å². The number of nitriles is 1. The van der Waals surface area contributed by atoms with Crippen LogP contribution in [0.4, 0.5) is 5.69 Å². The molecule has 1 aromatic carbocycles. The first-order valence-electron chi connectivity index (χ1n) is 7.34. The van der Waals surface area contributed by atoms with Crippen molar-refractivity contribution in [1.82, 2.24) is 5.32 Å². The molecule has 3 rings (SSSR count). The lowest BCUT2D eigenvalue weighted by Crippen LogP contribution is -2.39. The number of nitrogens with one attached hydrogen (secondary N) is 1. The average molecular weight is 255 g/mol. The van der Waals surface area contributed by atoms with Crippen molar-refractivity contribution < 1.29 is 0 Å². The summed E-state index contributed by atoms with van der Waals surface area (Å²) in [6, 6.07) is 10.9. The fourth-order valence-corrected chi connectivity index (χ4v) is 2.91. The summed E-state index contributed by atoms with van der Waals surface area (Å²) < 4.78 is 0. The van der Waals surface area contributed by atoms with Gasteiger partial charge in [0.05, 0.1) is 11.3 Å². The molecule has 1 atom stereocenters. The van der Waals surface area contributed by atoms with Crippen molar-refractivity contribution in [2.24, 2.45) is 5.92 Å². The van der Waals surface area contributed by atoms with Crippen LogP contribution in [0, 0.1) is 17.2 Å². The van der Waals surface area contributed by atoms with Gasteiger partial charge >= 0.3 is 0 Å². The number of benzene rings is 1. The molecule has 1 unspecified atom stereocenters. The van der Waals surface area contributed by atoms with E-state index in [-0.39, 0.29) is 0 Å². The van der Waals surface area contributed by atoms with E-state index in [0.29, 0.717) is 6.04 Å². The molecule has 1 saturated carbocycles. The standard InChI is InChI=1S/C16H21N3/c17-10-14-4-1-2-6-16(14)19(11-13-7-8-13)12-15-5-3-9-18-15/h1-2,4,6,13,15,18H,3,5,7-9,11-12H2. The molecule has 19 heavy (non-hydrogen) atoms. The van der Waals surface area contributed by atoms with Crippen molar-refractivity contribution in [3.63, 3.8) is 0 Å². The van der Waals surface area contributed by atoms with E-state index >= 15 is 0 Å².